The largest absolute Gasteiger partial charge is 0.481 e. The lowest BCUT2D eigenvalue weighted by Crippen LogP contribution is -2.28. The van der Waals surface area contributed by atoms with Gasteiger partial charge in [-0.15, -0.1) is 0 Å². The highest BCUT2D eigenvalue weighted by Crippen LogP contribution is 2.26. The summed E-state index contributed by atoms with van der Waals surface area (Å²) in [6.07, 6.45) is 3.07. The normalized spacial score (nSPS) is 14.1. The van der Waals surface area contributed by atoms with E-state index < -0.39 is 0 Å². The SMILES string of the molecule is CC(N)C(Oc1ccc2cccnc2c1)c1ccco1. The molecule has 0 bridgehead atoms. The van der Waals surface area contributed by atoms with Gasteiger partial charge in [-0.25, -0.2) is 0 Å². The van der Waals surface area contributed by atoms with Crippen LogP contribution < -0.4 is 10.5 Å². The van der Waals surface area contributed by atoms with Gasteiger partial charge in [-0.3, -0.25) is 4.98 Å². The molecule has 4 heteroatoms. The fourth-order valence-corrected chi connectivity index (χ4v) is 2.14. The topological polar surface area (TPSA) is 61.3 Å². The summed E-state index contributed by atoms with van der Waals surface area (Å²) in [6, 6.07) is 13.3. The third kappa shape index (κ3) is 2.51. The van der Waals surface area contributed by atoms with E-state index in [0.717, 1.165) is 22.4 Å². The Bertz CT molecular complexity index is 693. The van der Waals surface area contributed by atoms with Crippen molar-refractivity contribution in [3.05, 3.63) is 60.7 Å². The van der Waals surface area contributed by atoms with E-state index in [1.165, 1.54) is 0 Å². The van der Waals surface area contributed by atoms with Gasteiger partial charge in [0.1, 0.15) is 11.5 Å². The van der Waals surface area contributed by atoms with Crippen molar-refractivity contribution in [2.45, 2.75) is 19.1 Å². The Labute approximate surface area is 117 Å². The minimum atomic E-state index is -0.314. The quantitative estimate of drug-likeness (QED) is 0.788. The number of nitrogens with zero attached hydrogens (tertiary/aromatic N) is 1. The third-order valence-corrected chi connectivity index (χ3v) is 3.14. The summed E-state index contributed by atoms with van der Waals surface area (Å²) >= 11 is 0. The van der Waals surface area contributed by atoms with Crippen LogP contribution in [-0.2, 0) is 0 Å². The molecule has 102 valence electrons. The third-order valence-electron chi connectivity index (χ3n) is 3.14. The van der Waals surface area contributed by atoms with E-state index >= 15 is 0 Å². The fourth-order valence-electron chi connectivity index (χ4n) is 2.14. The van der Waals surface area contributed by atoms with Gasteiger partial charge in [-0.1, -0.05) is 6.07 Å². The molecule has 0 aliphatic rings. The molecule has 3 rings (SSSR count). The second-order valence-electron chi connectivity index (χ2n) is 4.77. The van der Waals surface area contributed by atoms with Crippen molar-refractivity contribution in [2.75, 3.05) is 0 Å². The first-order valence-corrected chi connectivity index (χ1v) is 6.54. The van der Waals surface area contributed by atoms with Crippen molar-refractivity contribution in [3.8, 4) is 5.75 Å². The van der Waals surface area contributed by atoms with Crippen LogP contribution in [0.1, 0.15) is 18.8 Å². The first-order chi connectivity index (χ1) is 9.74. The van der Waals surface area contributed by atoms with Crippen molar-refractivity contribution in [3.63, 3.8) is 0 Å². The van der Waals surface area contributed by atoms with E-state index in [9.17, 15) is 0 Å². The first-order valence-electron chi connectivity index (χ1n) is 6.54. The number of ether oxygens (including phenoxy) is 1. The highest BCUT2D eigenvalue weighted by atomic mass is 16.5. The maximum Gasteiger partial charge on any atom is 0.171 e. The van der Waals surface area contributed by atoms with Crippen LogP contribution in [0, 0.1) is 0 Å². The second kappa shape index (κ2) is 5.35. The maximum atomic E-state index is 5.99. The first kappa shape index (κ1) is 12.7. The minimum Gasteiger partial charge on any atom is -0.481 e. The number of rotatable bonds is 4. The molecule has 4 nitrogen and oxygen atoms in total. The Kier molecular flexibility index (Phi) is 3.39. The van der Waals surface area contributed by atoms with E-state index in [0.29, 0.717) is 0 Å². The molecule has 0 fully saturated rings. The molecule has 0 saturated heterocycles. The van der Waals surface area contributed by atoms with Crippen LogP contribution >= 0.6 is 0 Å². The molecule has 0 aliphatic carbocycles. The Morgan fingerprint density at radius 3 is 2.85 bits per heavy atom. The number of nitrogens with two attached hydrogens (primary N) is 1. The van der Waals surface area contributed by atoms with Crippen LogP contribution in [-0.4, -0.2) is 11.0 Å². The number of aromatic nitrogens is 1. The number of pyridine rings is 1. The monoisotopic (exact) mass is 268 g/mol. The van der Waals surface area contributed by atoms with Crippen LogP contribution in [0.5, 0.6) is 5.75 Å². The summed E-state index contributed by atoms with van der Waals surface area (Å²) in [5.41, 5.74) is 6.88. The van der Waals surface area contributed by atoms with Gasteiger partial charge >= 0.3 is 0 Å². The van der Waals surface area contributed by atoms with Crippen molar-refractivity contribution in [1.29, 1.82) is 0 Å². The zero-order valence-corrected chi connectivity index (χ0v) is 11.2. The van der Waals surface area contributed by atoms with Crippen molar-refractivity contribution in [2.24, 2.45) is 5.73 Å². The number of hydrogen-bond acceptors (Lipinski definition) is 4. The molecule has 20 heavy (non-hydrogen) atoms. The van der Waals surface area contributed by atoms with Crippen molar-refractivity contribution < 1.29 is 9.15 Å². The summed E-state index contributed by atoms with van der Waals surface area (Å²) in [5.74, 6) is 1.45. The lowest BCUT2D eigenvalue weighted by Gasteiger charge is -2.20. The Hall–Kier alpha value is -2.33. The van der Waals surface area contributed by atoms with Crippen LogP contribution in [0.3, 0.4) is 0 Å². The van der Waals surface area contributed by atoms with Crippen LogP contribution in [0.2, 0.25) is 0 Å². The molecule has 0 amide bonds. The molecule has 2 atom stereocenters. The maximum absolute atomic E-state index is 5.99. The number of furan rings is 1. The van der Waals surface area contributed by atoms with E-state index in [-0.39, 0.29) is 12.1 Å². The smallest absolute Gasteiger partial charge is 0.171 e. The van der Waals surface area contributed by atoms with Crippen molar-refractivity contribution in [1.82, 2.24) is 4.98 Å². The molecule has 2 aromatic heterocycles. The van der Waals surface area contributed by atoms with Gasteiger partial charge in [0, 0.05) is 23.7 Å². The number of hydrogen-bond donors (Lipinski definition) is 1. The molecule has 2 N–H and O–H groups in total. The molecule has 2 heterocycles. The van der Waals surface area contributed by atoms with Crippen LogP contribution in [0.25, 0.3) is 10.9 Å². The molecule has 0 aliphatic heterocycles. The Balaban J connectivity index is 1.90. The molecule has 0 radical (unpaired) electrons. The molecular formula is C16H16N2O2. The highest BCUT2D eigenvalue weighted by molar-refractivity contribution is 5.79. The summed E-state index contributed by atoms with van der Waals surface area (Å²) in [7, 11) is 0. The molecule has 2 unspecified atom stereocenters. The van der Waals surface area contributed by atoms with E-state index in [1.807, 2.05) is 49.4 Å². The van der Waals surface area contributed by atoms with E-state index in [2.05, 4.69) is 4.98 Å². The van der Waals surface area contributed by atoms with Crippen LogP contribution in [0.15, 0.2) is 59.3 Å². The van der Waals surface area contributed by atoms with Gasteiger partial charge in [0.25, 0.3) is 0 Å². The standard InChI is InChI=1S/C16H16N2O2/c1-11(17)16(15-5-3-9-19-15)20-13-7-6-12-4-2-8-18-14(12)10-13/h2-11,16H,17H2,1H3. The predicted octanol–water partition coefficient (Wildman–Crippen LogP) is 3.30. The average molecular weight is 268 g/mol. The second-order valence-corrected chi connectivity index (χ2v) is 4.77. The van der Waals surface area contributed by atoms with Crippen molar-refractivity contribution >= 4 is 10.9 Å². The zero-order valence-electron chi connectivity index (χ0n) is 11.2. The van der Waals surface area contributed by atoms with Gasteiger partial charge in [0.05, 0.1) is 11.8 Å². The average Bonchev–Trinajstić information content (AvgIpc) is 2.98. The van der Waals surface area contributed by atoms with Gasteiger partial charge < -0.3 is 14.9 Å². The lowest BCUT2D eigenvalue weighted by atomic mass is 10.1. The van der Waals surface area contributed by atoms with Gasteiger partial charge in [0.2, 0.25) is 0 Å². The summed E-state index contributed by atoms with van der Waals surface area (Å²) in [4.78, 5) is 4.32. The fraction of sp³-hybridized carbons (Fsp3) is 0.188. The van der Waals surface area contributed by atoms with Gasteiger partial charge in [-0.05, 0) is 37.3 Å². The van der Waals surface area contributed by atoms with Gasteiger partial charge in [-0.2, -0.15) is 0 Å². The molecule has 3 aromatic rings. The Morgan fingerprint density at radius 2 is 2.10 bits per heavy atom. The summed E-state index contributed by atoms with van der Waals surface area (Å²) in [5, 5.41) is 1.08. The number of fused-ring (bicyclic) bond motifs is 1. The van der Waals surface area contributed by atoms with Crippen LogP contribution in [0.4, 0.5) is 0 Å². The Morgan fingerprint density at radius 1 is 1.20 bits per heavy atom. The molecular weight excluding hydrogens is 252 g/mol. The van der Waals surface area contributed by atoms with E-state index in [1.54, 1.807) is 12.5 Å². The molecule has 0 saturated carbocycles. The summed E-state index contributed by atoms with van der Waals surface area (Å²) < 4.78 is 11.4. The minimum absolute atomic E-state index is 0.180. The van der Waals surface area contributed by atoms with E-state index in [4.69, 9.17) is 14.9 Å². The lowest BCUT2D eigenvalue weighted by molar-refractivity contribution is 0.153. The predicted molar refractivity (Wildman–Crippen MR) is 77.5 cm³/mol. The summed E-state index contributed by atoms with van der Waals surface area (Å²) in [6.45, 7) is 1.90. The molecule has 1 aromatic carbocycles. The van der Waals surface area contributed by atoms with Gasteiger partial charge in [0.15, 0.2) is 6.10 Å². The number of benzene rings is 1. The molecule has 0 spiro atoms. The zero-order chi connectivity index (χ0) is 13.9. The highest BCUT2D eigenvalue weighted by Gasteiger charge is 2.21.